The molecule has 0 unspecified atom stereocenters. The van der Waals surface area contributed by atoms with Gasteiger partial charge in [0.15, 0.2) is 5.65 Å². The number of amides is 1. The quantitative estimate of drug-likeness (QED) is 0.443. The molecule has 0 N–H and O–H groups in total. The highest BCUT2D eigenvalue weighted by molar-refractivity contribution is 7.89. The lowest BCUT2D eigenvalue weighted by Crippen LogP contribution is -2.51. The Bertz CT molecular complexity index is 1430. The second-order valence-electron chi connectivity index (χ2n) is 8.26. The number of aryl methyl sites for hydroxylation is 1. The smallest absolute Gasteiger partial charge is 0.244 e. The van der Waals surface area contributed by atoms with Crippen molar-refractivity contribution in [2.45, 2.75) is 18.4 Å². The van der Waals surface area contributed by atoms with Crippen LogP contribution < -0.4 is 0 Å². The summed E-state index contributed by atoms with van der Waals surface area (Å²) in [5.41, 5.74) is 3.58. The Morgan fingerprint density at radius 3 is 2.24 bits per heavy atom. The minimum atomic E-state index is -3.56. The monoisotopic (exact) mass is 475 g/mol. The van der Waals surface area contributed by atoms with E-state index in [4.69, 9.17) is 0 Å². The van der Waals surface area contributed by atoms with E-state index >= 15 is 0 Å². The molecule has 0 saturated carbocycles. The van der Waals surface area contributed by atoms with E-state index < -0.39 is 10.0 Å². The zero-order valence-electron chi connectivity index (χ0n) is 18.8. The van der Waals surface area contributed by atoms with Gasteiger partial charge < -0.3 is 4.90 Å². The van der Waals surface area contributed by atoms with Crippen molar-refractivity contribution in [1.82, 2.24) is 24.0 Å². The number of piperazine rings is 1. The van der Waals surface area contributed by atoms with Crippen molar-refractivity contribution >= 4 is 27.0 Å². The molecule has 4 aromatic rings. The first-order valence-corrected chi connectivity index (χ1v) is 12.6. The second-order valence-corrected chi connectivity index (χ2v) is 10.2. The Morgan fingerprint density at radius 1 is 0.912 bits per heavy atom. The summed E-state index contributed by atoms with van der Waals surface area (Å²) in [6.45, 7) is 3.18. The Morgan fingerprint density at radius 2 is 1.56 bits per heavy atom. The molecule has 0 radical (unpaired) electrons. The summed E-state index contributed by atoms with van der Waals surface area (Å²) in [6, 6.07) is 20.4. The number of sulfonamides is 1. The molecule has 1 aliphatic heterocycles. The third-order valence-corrected chi connectivity index (χ3v) is 8.06. The highest BCUT2D eigenvalue weighted by Gasteiger charge is 2.30. The number of hydrogen-bond acceptors (Lipinski definition) is 5. The number of pyridine rings is 1. The molecule has 0 bridgehead atoms. The van der Waals surface area contributed by atoms with Gasteiger partial charge >= 0.3 is 0 Å². The molecular weight excluding hydrogens is 450 g/mol. The van der Waals surface area contributed by atoms with Crippen molar-refractivity contribution in [3.8, 4) is 11.1 Å². The molecule has 8 nitrogen and oxygen atoms in total. The average Bonchev–Trinajstić information content (AvgIpc) is 3.20. The number of nitrogens with zero attached hydrogens (tertiary/aromatic N) is 5. The number of carbonyl (C=O) groups excluding carboxylic acids is 1. The number of hydrogen-bond donors (Lipinski definition) is 0. The number of benzene rings is 2. The predicted molar refractivity (Wildman–Crippen MR) is 129 cm³/mol. The second kappa shape index (κ2) is 9.00. The molecule has 34 heavy (non-hydrogen) atoms. The van der Waals surface area contributed by atoms with Crippen LogP contribution in [-0.4, -0.2) is 64.5 Å². The molecule has 3 heterocycles. The van der Waals surface area contributed by atoms with Gasteiger partial charge in [-0.1, -0.05) is 48.5 Å². The zero-order valence-corrected chi connectivity index (χ0v) is 19.6. The van der Waals surface area contributed by atoms with E-state index in [9.17, 15) is 13.2 Å². The maximum Gasteiger partial charge on any atom is 0.244 e. The normalized spacial score (nSPS) is 15.0. The molecule has 0 aliphatic carbocycles. The Labute approximate surface area is 198 Å². The van der Waals surface area contributed by atoms with Gasteiger partial charge in [0.1, 0.15) is 6.54 Å². The van der Waals surface area contributed by atoms with Crippen LogP contribution in [0.1, 0.15) is 5.69 Å². The van der Waals surface area contributed by atoms with E-state index in [1.54, 1.807) is 46.1 Å². The summed E-state index contributed by atoms with van der Waals surface area (Å²) in [5.74, 6) is -0.104. The lowest BCUT2D eigenvalue weighted by atomic mass is 10.0. The van der Waals surface area contributed by atoms with E-state index in [0.717, 1.165) is 22.2 Å². The summed E-state index contributed by atoms with van der Waals surface area (Å²) in [5, 5.41) is 5.54. The molecule has 0 spiro atoms. The molecule has 2 aromatic heterocycles. The fraction of sp³-hybridized carbons (Fsp3) is 0.240. The van der Waals surface area contributed by atoms with Gasteiger partial charge in [0.25, 0.3) is 0 Å². The van der Waals surface area contributed by atoms with E-state index in [1.165, 1.54) is 4.31 Å². The topological polar surface area (TPSA) is 88.4 Å². The van der Waals surface area contributed by atoms with Crippen molar-refractivity contribution in [3.63, 3.8) is 0 Å². The van der Waals surface area contributed by atoms with Crippen molar-refractivity contribution < 1.29 is 13.2 Å². The third kappa shape index (κ3) is 4.08. The van der Waals surface area contributed by atoms with Gasteiger partial charge in [-0.3, -0.25) is 4.79 Å². The van der Waals surface area contributed by atoms with Crippen LogP contribution >= 0.6 is 0 Å². The first-order chi connectivity index (χ1) is 16.4. The van der Waals surface area contributed by atoms with Gasteiger partial charge in [-0.2, -0.15) is 9.40 Å². The van der Waals surface area contributed by atoms with E-state index in [2.05, 4.69) is 10.1 Å². The van der Waals surface area contributed by atoms with Crippen LogP contribution in [0, 0.1) is 6.92 Å². The Hall–Kier alpha value is -3.56. The van der Waals surface area contributed by atoms with Gasteiger partial charge in [-0.05, 0) is 36.2 Å². The number of carbonyl (C=O) groups is 1. The fourth-order valence-corrected chi connectivity index (χ4v) is 5.84. The Balaban J connectivity index is 1.32. The summed E-state index contributed by atoms with van der Waals surface area (Å²) < 4.78 is 28.8. The van der Waals surface area contributed by atoms with Crippen molar-refractivity contribution in [2.75, 3.05) is 26.2 Å². The van der Waals surface area contributed by atoms with Crippen molar-refractivity contribution in [2.24, 2.45) is 0 Å². The minimum Gasteiger partial charge on any atom is -0.338 e. The molecule has 9 heteroatoms. The van der Waals surface area contributed by atoms with Crippen LogP contribution in [0.15, 0.2) is 77.8 Å². The molecule has 174 valence electrons. The third-order valence-electron chi connectivity index (χ3n) is 6.15. The van der Waals surface area contributed by atoms with Crippen LogP contribution in [0.2, 0.25) is 0 Å². The SMILES string of the molecule is Cc1nn(CC(=O)N2CCN(S(=O)(=O)c3ccccc3)CC2)c2nccc(-c3ccccc3)c12. The average molecular weight is 476 g/mol. The first kappa shape index (κ1) is 22.2. The zero-order chi connectivity index (χ0) is 23.7. The highest BCUT2D eigenvalue weighted by atomic mass is 32.2. The van der Waals surface area contributed by atoms with E-state index in [0.29, 0.717) is 18.7 Å². The van der Waals surface area contributed by atoms with Crippen molar-refractivity contribution in [1.29, 1.82) is 0 Å². The fourth-order valence-electron chi connectivity index (χ4n) is 4.40. The Kier molecular flexibility index (Phi) is 5.89. The summed E-state index contributed by atoms with van der Waals surface area (Å²) >= 11 is 0. The van der Waals surface area contributed by atoms with Gasteiger partial charge in [-0.25, -0.2) is 18.1 Å². The molecule has 5 rings (SSSR count). The van der Waals surface area contributed by atoms with Gasteiger partial charge in [0.05, 0.1) is 10.6 Å². The van der Waals surface area contributed by atoms with Crippen LogP contribution in [-0.2, 0) is 21.4 Å². The van der Waals surface area contributed by atoms with Gasteiger partial charge in [0, 0.05) is 37.8 Å². The number of fused-ring (bicyclic) bond motifs is 1. The molecule has 1 aliphatic rings. The number of rotatable bonds is 5. The standard InChI is InChI=1S/C25H25N5O3S/c1-19-24-22(20-8-4-2-5-9-20)12-13-26-25(24)30(27-19)18-23(31)28-14-16-29(17-15-28)34(32,33)21-10-6-3-7-11-21/h2-13H,14-18H2,1H3. The molecule has 1 amide bonds. The van der Waals surface area contributed by atoms with Gasteiger partial charge in [0.2, 0.25) is 15.9 Å². The van der Waals surface area contributed by atoms with E-state index in [1.807, 2.05) is 43.3 Å². The van der Waals surface area contributed by atoms with E-state index in [-0.39, 0.29) is 30.4 Å². The van der Waals surface area contributed by atoms with Crippen LogP contribution in [0.25, 0.3) is 22.2 Å². The summed E-state index contributed by atoms with van der Waals surface area (Å²) in [4.78, 5) is 19.5. The first-order valence-electron chi connectivity index (χ1n) is 11.2. The van der Waals surface area contributed by atoms with Gasteiger partial charge in [-0.15, -0.1) is 0 Å². The van der Waals surface area contributed by atoms with Crippen LogP contribution in [0.3, 0.4) is 0 Å². The molecule has 0 atom stereocenters. The molecule has 1 fully saturated rings. The van der Waals surface area contributed by atoms with Crippen LogP contribution in [0.4, 0.5) is 0 Å². The molecule has 2 aromatic carbocycles. The number of aromatic nitrogens is 3. The van der Waals surface area contributed by atoms with Crippen molar-refractivity contribution in [3.05, 3.63) is 78.6 Å². The molecule has 1 saturated heterocycles. The van der Waals surface area contributed by atoms with Crippen LogP contribution in [0.5, 0.6) is 0 Å². The molecular formula is C25H25N5O3S. The maximum atomic E-state index is 13.1. The minimum absolute atomic E-state index is 0.0566. The predicted octanol–water partition coefficient (Wildman–Crippen LogP) is 2.94. The summed E-state index contributed by atoms with van der Waals surface area (Å²) in [7, 11) is -3.56. The maximum absolute atomic E-state index is 13.1. The lowest BCUT2D eigenvalue weighted by Gasteiger charge is -2.34. The lowest BCUT2D eigenvalue weighted by molar-refractivity contribution is -0.133. The highest BCUT2D eigenvalue weighted by Crippen LogP contribution is 2.29. The largest absolute Gasteiger partial charge is 0.338 e. The summed E-state index contributed by atoms with van der Waals surface area (Å²) in [6.07, 6.45) is 1.74.